The van der Waals surface area contributed by atoms with E-state index in [-0.39, 0.29) is 6.10 Å². The number of nitrogens with one attached hydrogen (secondary N) is 1. The SMILES string of the molecule is CC(Cn1cnnn1)Oc1cc(-c2cnc(Nc3cn(C4CCC(N5CCOCC5)CC4)nc3OCCn3cccn3)nc2)ccc1Cl. The van der Waals surface area contributed by atoms with E-state index < -0.39 is 0 Å². The van der Waals surface area contributed by atoms with Gasteiger partial charge in [0.15, 0.2) is 0 Å². The van der Waals surface area contributed by atoms with E-state index in [1.807, 2.05) is 46.9 Å². The Labute approximate surface area is 283 Å². The first-order valence-corrected chi connectivity index (χ1v) is 16.7. The number of benzene rings is 1. The lowest BCUT2D eigenvalue weighted by Gasteiger charge is -2.38. The summed E-state index contributed by atoms with van der Waals surface area (Å²) in [5.41, 5.74) is 2.41. The van der Waals surface area contributed by atoms with Gasteiger partial charge < -0.3 is 19.5 Å². The standard InChI is InChI=1S/C32H39ClN12O3/c1-23(20-44-22-36-40-41-44)48-30-17-24(3-8-28(30)33)25-18-34-32(35-19-25)38-29-21-45(39-31(29)47-16-13-43-10-2-9-37-43)27-6-4-26(5-7-27)42-11-14-46-15-12-42/h2-3,8-10,17-19,21-23,26-27H,4-7,11-16,20H2,1H3,(H,34,35,38). The van der Waals surface area contributed by atoms with Crippen LogP contribution in [0.1, 0.15) is 38.6 Å². The quantitative estimate of drug-likeness (QED) is 0.190. The third kappa shape index (κ3) is 7.91. The molecule has 16 heteroatoms. The van der Waals surface area contributed by atoms with Gasteiger partial charge in [-0.1, -0.05) is 17.7 Å². The van der Waals surface area contributed by atoms with Gasteiger partial charge in [0.1, 0.15) is 30.5 Å². The minimum Gasteiger partial charge on any atom is -0.487 e. The largest absolute Gasteiger partial charge is 0.487 e. The number of ether oxygens (including phenoxy) is 3. The van der Waals surface area contributed by atoms with Crippen LogP contribution in [0.15, 0.2) is 61.6 Å². The van der Waals surface area contributed by atoms with Crippen molar-refractivity contribution >= 4 is 23.2 Å². The summed E-state index contributed by atoms with van der Waals surface area (Å²) >= 11 is 6.46. The molecular weight excluding hydrogens is 636 g/mol. The number of anilines is 2. The molecule has 2 fully saturated rings. The monoisotopic (exact) mass is 674 g/mol. The van der Waals surface area contributed by atoms with Crippen molar-refractivity contribution in [1.82, 2.24) is 54.6 Å². The molecule has 1 N–H and O–H groups in total. The molecule has 1 saturated heterocycles. The van der Waals surface area contributed by atoms with Crippen LogP contribution in [0, 0.1) is 0 Å². The Morgan fingerprint density at radius 3 is 2.60 bits per heavy atom. The van der Waals surface area contributed by atoms with Crippen LogP contribution >= 0.6 is 11.6 Å². The molecule has 252 valence electrons. The van der Waals surface area contributed by atoms with Crippen molar-refractivity contribution in [2.45, 2.75) is 63.9 Å². The number of hydrogen-bond acceptors (Lipinski definition) is 12. The molecule has 4 aromatic heterocycles. The summed E-state index contributed by atoms with van der Waals surface area (Å²) in [6.07, 6.45) is 15.0. The van der Waals surface area contributed by atoms with Crippen molar-refractivity contribution < 1.29 is 14.2 Å². The lowest BCUT2D eigenvalue weighted by atomic mass is 9.90. The highest BCUT2D eigenvalue weighted by atomic mass is 35.5. The highest BCUT2D eigenvalue weighted by molar-refractivity contribution is 6.32. The molecule has 2 aliphatic rings. The molecule has 0 spiro atoms. The lowest BCUT2D eigenvalue weighted by Crippen LogP contribution is -2.45. The molecule has 7 rings (SSSR count). The van der Waals surface area contributed by atoms with Crippen molar-refractivity contribution in [2.24, 2.45) is 0 Å². The van der Waals surface area contributed by atoms with Gasteiger partial charge in [0, 0.05) is 49.5 Å². The van der Waals surface area contributed by atoms with Crippen molar-refractivity contribution in [2.75, 3.05) is 38.2 Å². The Hall–Kier alpha value is -4.60. The van der Waals surface area contributed by atoms with Gasteiger partial charge in [0.25, 0.3) is 5.88 Å². The summed E-state index contributed by atoms with van der Waals surface area (Å²) in [4.78, 5) is 11.8. The molecule has 0 amide bonds. The van der Waals surface area contributed by atoms with E-state index in [2.05, 4.69) is 40.8 Å². The van der Waals surface area contributed by atoms with Gasteiger partial charge in [0.05, 0.1) is 43.6 Å². The van der Waals surface area contributed by atoms with Crippen LogP contribution in [0.5, 0.6) is 11.6 Å². The number of aromatic nitrogens is 10. The highest BCUT2D eigenvalue weighted by Crippen LogP contribution is 2.35. The Kier molecular flexibility index (Phi) is 10.1. The molecule has 5 aromatic rings. The molecule has 1 atom stereocenters. The minimum atomic E-state index is -0.208. The number of rotatable bonds is 13. The third-order valence-corrected chi connectivity index (χ3v) is 9.06. The van der Waals surface area contributed by atoms with Gasteiger partial charge in [-0.05, 0) is 66.8 Å². The average molecular weight is 675 g/mol. The maximum Gasteiger partial charge on any atom is 0.257 e. The summed E-state index contributed by atoms with van der Waals surface area (Å²) in [6, 6.07) is 8.40. The fraction of sp³-hybridized carbons (Fsp3) is 0.469. The first-order valence-electron chi connectivity index (χ1n) is 16.3. The van der Waals surface area contributed by atoms with Gasteiger partial charge in [-0.25, -0.2) is 14.6 Å². The molecule has 15 nitrogen and oxygen atoms in total. The van der Waals surface area contributed by atoms with Crippen molar-refractivity contribution in [3.63, 3.8) is 0 Å². The molecule has 1 unspecified atom stereocenters. The minimum absolute atomic E-state index is 0.208. The molecule has 48 heavy (non-hydrogen) atoms. The summed E-state index contributed by atoms with van der Waals surface area (Å²) in [7, 11) is 0. The Morgan fingerprint density at radius 1 is 1.04 bits per heavy atom. The fourth-order valence-corrected chi connectivity index (χ4v) is 6.43. The van der Waals surface area contributed by atoms with Crippen LogP contribution in [0.4, 0.5) is 11.6 Å². The number of nitrogens with zero attached hydrogens (tertiary/aromatic N) is 11. The second-order valence-electron chi connectivity index (χ2n) is 12.1. The molecule has 0 bridgehead atoms. The summed E-state index contributed by atoms with van der Waals surface area (Å²) < 4.78 is 23.3. The predicted molar refractivity (Wildman–Crippen MR) is 177 cm³/mol. The smallest absolute Gasteiger partial charge is 0.257 e. The molecule has 1 aliphatic heterocycles. The van der Waals surface area contributed by atoms with E-state index in [0.717, 1.165) is 68.8 Å². The van der Waals surface area contributed by atoms with Gasteiger partial charge in [-0.3, -0.25) is 14.3 Å². The second kappa shape index (κ2) is 15.1. The van der Waals surface area contributed by atoms with Gasteiger partial charge in [-0.15, -0.1) is 10.2 Å². The van der Waals surface area contributed by atoms with E-state index in [9.17, 15) is 0 Å². The molecule has 1 aliphatic carbocycles. The van der Waals surface area contributed by atoms with E-state index in [1.165, 1.54) is 0 Å². The molecule has 0 radical (unpaired) electrons. The van der Waals surface area contributed by atoms with Crippen LogP contribution < -0.4 is 14.8 Å². The summed E-state index contributed by atoms with van der Waals surface area (Å²) in [5, 5.41) is 24.2. The lowest BCUT2D eigenvalue weighted by molar-refractivity contribution is 0.00503. The molecule has 1 saturated carbocycles. The zero-order valence-corrected chi connectivity index (χ0v) is 27.6. The zero-order chi connectivity index (χ0) is 32.7. The second-order valence-corrected chi connectivity index (χ2v) is 12.5. The summed E-state index contributed by atoms with van der Waals surface area (Å²) in [6.45, 7) is 7.15. The molecular formula is C32H39ClN12O3. The maximum atomic E-state index is 6.46. The van der Waals surface area contributed by atoms with Crippen molar-refractivity contribution in [3.05, 3.63) is 66.6 Å². The van der Waals surface area contributed by atoms with E-state index >= 15 is 0 Å². The Balaban J connectivity index is 1.03. The van der Waals surface area contributed by atoms with Crippen molar-refractivity contribution in [3.8, 4) is 22.8 Å². The normalized spacial score (nSPS) is 19.2. The third-order valence-electron chi connectivity index (χ3n) is 8.75. The van der Waals surface area contributed by atoms with E-state index in [0.29, 0.717) is 54.4 Å². The number of halogens is 1. The van der Waals surface area contributed by atoms with Crippen LogP contribution in [0.25, 0.3) is 11.1 Å². The average Bonchev–Trinajstić information content (AvgIpc) is 3.91. The number of morpholine rings is 1. The number of tetrazole rings is 1. The zero-order valence-electron chi connectivity index (χ0n) is 26.8. The molecule has 5 heterocycles. The van der Waals surface area contributed by atoms with Crippen LogP contribution in [0.2, 0.25) is 5.02 Å². The van der Waals surface area contributed by atoms with E-state index in [4.69, 9.17) is 30.9 Å². The highest BCUT2D eigenvalue weighted by Gasteiger charge is 2.29. The van der Waals surface area contributed by atoms with Gasteiger partial charge >= 0.3 is 0 Å². The Morgan fingerprint density at radius 2 is 1.85 bits per heavy atom. The van der Waals surface area contributed by atoms with Crippen LogP contribution in [-0.2, 0) is 17.8 Å². The van der Waals surface area contributed by atoms with Crippen LogP contribution in [-0.4, -0.2) is 99.7 Å². The Bertz CT molecular complexity index is 1720. The molecule has 1 aromatic carbocycles. The topological polar surface area (TPSA) is 148 Å². The predicted octanol–water partition coefficient (Wildman–Crippen LogP) is 4.28. The van der Waals surface area contributed by atoms with Crippen LogP contribution in [0.3, 0.4) is 0 Å². The van der Waals surface area contributed by atoms with E-state index in [1.54, 1.807) is 35.7 Å². The van der Waals surface area contributed by atoms with Crippen molar-refractivity contribution in [1.29, 1.82) is 0 Å². The van der Waals surface area contributed by atoms with Gasteiger partial charge in [0.2, 0.25) is 5.95 Å². The first-order chi connectivity index (χ1) is 23.6. The fourth-order valence-electron chi connectivity index (χ4n) is 6.27. The number of hydrogen-bond donors (Lipinski definition) is 1. The maximum absolute atomic E-state index is 6.46. The van der Waals surface area contributed by atoms with Gasteiger partial charge in [-0.2, -0.15) is 5.10 Å². The summed E-state index contributed by atoms with van der Waals surface area (Å²) in [5.74, 6) is 1.51. The first kappa shape index (κ1) is 32.0.